The first-order valence-electron chi connectivity index (χ1n) is 7.79. The molecule has 2 N–H and O–H groups in total. The number of nitrogen functional groups attached to an aromatic ring is 1. The Bertz CT molecular complexity index is 926. The van der Waals surface area contributed by atoms with E-state index in [1.807, 2.05) is 11.9 Å². The van der Waals surface area contributed by atoms with Gasteiger partial charge in [-0.3, -0.25) is 4.90 Å². The van der Waals surface area contributed by atoms with Gasteiger partial charge in [0, 0.05) is 17.0 Å². The molecule has 26 heavy (non-hydrogen) atoms. The lowest BCUT2D eigenvalue weighted by Crippen LogP contribution is -2.19. The van der Waals surface area contributed by atoms with E-state index in [1.54, 1.807) is 18.2 Å². The maximum Gasteiger partial charge on any atom is 0.416 e. The molecule has 3 rings (SSSR count). The molecule has 0 atom stereocenters. The van der Waals surface area contributed by atoms with E-state index >= 15 is 0 Å². The monoisotopic (exact) mass is 380 g/mol. The molecule has 0 aliphatic rings. The zero-order valence-electron chi connectivity index (χ0n) is 13.9. The molecular formula is C18H16ClF3N4. The summed E-state index contributed by atoms with van der Waals surface area (Å²) in [7, 11) is 1.83. The van der Waals surface area contributed by atoms with Gasteiger partial charge in [-0.05, 0) is 42.9 Å². The molecular weight excluding hydrogens is 365 g/mol. The van der Waals surface area contributed by atoms with Crippen molar-refractivity contribution in [2.45, 2.75) is 19.3 Å². The van der Waals surface area contributed by atoms with Gasteiger partial charge in [-0.2, -0.15) is 13.2 Å². The Balaban J connectivity index is 1.73. The van der Waals surface area contributed by atoms with Crippen molar-refractivity contribution in [1.82, 2.24) is 14.9 Å². The van der Waals surface area contributed by atoms with Crippen LogP contribution in [0.25, 0.3) is 10.9 Å². The summed E-state index contributed by atoms with van der Waals surface area (Å²) >= 11 is 5.99. The van der Waals surface area contributed by atoms with Crippen LogP contribution in [0, 0.1) is 0 Å². The number of fused-ring (bicyclic) bond motifs is 1. The molecule has 0 unspecified atom stereocenters. The van der Waals surface area contributed by atoms with Crippen molar-refractivity contribution < 1.29 is 13.2 Å². The van der Waals surface area contributed by atoms with Gasteiger partial charge in [0.1, 0.15) is 11.6 Å². The number of nitrogens with zero attached hydrogens (tertiary/aromatic N) is 3. The molecule has 8 heteroatoms. The molecule has 0 fully saturated rings. The van der Waals surface area contributed by atoms with Crippen LogP contribution in [0.2, 0.25) is 5.02 Å². The van der Waals surface area contributed by atoms with Crippen molar-refractivity contribution in [2.24, 2.45) is 0 Å². The average molecular weight is 381 g/mol. The lowest BCUT2D eigenvalue weighted by atomic mass is 10.1. The minimum atomic E-state index is -4.33. The van der Waals surface area contributed by atoms with E-state index in [1.165, 1.54) is 12.1 Å². The summed E-state index contributed by atoms with van der Waals surface area (Å²) in [5.41, 5.74) is 6.73. The van der Waals surface area contributed by atoms with Crippen LogP contribution in [0.15, 0.2) is 42.5 Å². The Kier molecular flexibility index (Phi) is 5.02. The first-order chi connectivity index (χ1) is 12.2. The third-order valence-electron chi connectivity index (χ3n) is 3.88. The highest BCUT2D eigenvalue weighted by Crippen LogP contribution is 2.29. The fourth-order valence-electron chi connectivity index (χ4n) is 2.66. The first-order valence-corrected chi connectivity index (χ1v) is 8.16. The van der Waals surface area contributed by atoms with Crippen molar-refractivity contribution in [3.05, 3.63) is 64.4 Å². The number of anilines is 1. The quantitative estimate of drug-likeness (QED) is 0.723. The van der Waals surface area contributed by atoms with E-state index in [2.05, 4.69) is 9.97 Å². The van der Waals surface area contributed by atoms with Crippen LogP contribution >= 0.6 is 11.6 Å². The van der Waals surface area contributed by atoms with E-state index in [0.717, 1.165) is 23.1 Å². The van der Waals surface area contributed by atoms with E-state index < -0.39 is 11.7 Å². The lowest BCUT2D eigenvalue weighted by molar-refractivity contribution is -0.137. The van der Waals surface area contributed by atoms with E-state index in [-0.39, 0.29) is 0 Å². The lowest BCUT2D eigenvalue weighted by Gasteiger charge is -2.17. The van der Waals surface area contributed by atoms with Crippen molar-refractivity contribution in [3.63, 3.8) is 0 Å². The highest BCUT2D eigenvalue weighted by Gasteiger charge is 2.29. The Morgan fingerprint density at radius 3 is 2.38 bits per heavy atom. The van der Waals surface area contributed by atoms with E-state index in [0.29, 0.717) is 35.3 Å². The van der Waals surface area contributed by atoms with Crippen molar-refractivity contribution in [3.8, 4) is 0 Å². The van der Waals surface area contributed by atoms with Gasteiger partial charge >= 0.3 is 6.18 Å². The predicted octanol–water partition coefficient (Wildman–Crippen LogP) is 4.52. The molecule has 3 aromatic rings. The molecule has 0 radical (unpaired) electrons. The van der Waals surface area contributed by atoms with Gasteiger partial charge in [0.2, 0.25) is 0 Å². The second-order valence-electron chi connectivity index (χ2n) is 6.05. The minimum Gasteiger partial charge on any atom is -0.383 e. The average Bonchev–Trinajstić information content (AvgIpc) is 2.53. The Morgan fingerprint density at radius 2 is 1.73 bits per heavy atom. The Hall–Kier alpha value is -2.38. The zero-order valence-corrected chi connectivity index (χ0v) is 14.6. The molecule has 0 amide bonds. The molecule has 136 valence electrons. The number of aromatic nitrogens is 2. The second-order valence-corrected chi connectivity index (χ2v) is 6.49. The van der Waals surface area contributed by atoms with Gasteiger partial charge in [-0.25, -0.2) is 9.97 Å². The standard InChI is InChI=1S/C18H16ClF3N4/c1-26(9-11-2-4-12(5-3-11)18(20,21)22)10-16-24-15-8-13(19)6-7-14(15)17(23)25-16/h2-8H,9-10H2,1H3,(H2,23,24,25). The maximum absolute atomic E-state index is 12.6. The molecule has 1 heterocycles. The fourth-order valence-corrected chi connectivity index (χ4v) is 2.82. The summed E-state index contributed by atoms with van der Waals surface area (Å²) < 4.78 is 37.8. The SMILES string of the molecule is CN(Cc1ccc(C(F)(F)F)cc1)Cc1nc(N)c2ccc(Cl)cc2n1. The largest absolute Gasteiger partial charge is 0.416 e. The zero-order chi connectivity index (χ0) is 18.9. The van der Waals surface area contributed by atoms with Crippen LogP contribution in [0.3, 0.4) is 0 Å². The Morgan fingerprint density at radius 1 is 1.04 bits per heavy atom. The van der Waals surface area contributed by atoms with Crippen molar-refractivity contribution >= 4 is 28.3 Å². The van der Waals surface area contributed by atoms with Crippen LogP contribution < -0.4 is 5.73 Å². The first kappa shape index (κ1) is 18.4. The van der Waals surface area contributed by atoms with Crippen LogP contribution in [-0.2, 0) is 19.3 Å². The van der Waals surface area contributed by atoms with Crippen molar-refractivity contribution in [1.29, 1.82) is 0 Å². The third kappa shape index (κ3) is 4.23. The van der Waals surface area contributed by atoms with Gasteiger partial charge in [0.15, 0.2) is 0 Å². The third-order valence-corrected chi connectivity index (χ3v) is 4.11. The molecule has 0 aliphatic heterocycles. The molecule has 0 spiro atoms. The van der Waals surface area contributed by atoms with E-state index in [9.17, 15) is 13.2 Å². The fraction of sp³-hybridized carbons (Fsp3) is 0.222. The minimum absolute atomic E-state index is 0.365. The summed E-state index contributed by atoms with van der Waals surface area (Å²) in [6.45, 7) is 0.850. The van der Waals surface area contributed by atoms with Gasteiger partial charge in [-0.15, -0.1) is 0 Å². The summed E-state index contributed by atoms with van der Waals surface area (Å²) in [5, 5.41) is 1.28. The summed E-state index contributed by atoms with van der Waals surface area (Å²) in [6, 6.07) is 10.3. The highest BCUT2D eigenvalue weighted by atomic mass is 35.5. The van der Waals surface area contributed by atoms with Gasteiger partial charge in [0.25, 0.3) is 0 Å². The normalized spacial score (nSPS) is 12.1. The highest BCUT2D eigenvalue weighted by molar-refractivity contribution is 6.31. The van der Waals surface area contributed by atoms with E-state index in [4.69, 9.17) is 17.3 Å². The number of hydrogen-bond donors (Lipinski definition) is 1. The summed E-state index contributed by atoms with van der Waals surface area (Å²) in [6.07, 6.45) is -4.33. The maximum atomic E-state index is 12.6. The smallest absolute Gasteiger partial charge is 0.383 e. The Labute approximate surface area is 153 Å². The molecule has 0 saturated carbocycles. The van der Waals surface area contributed by atoms with Gasteiger partial charge in [0.05, 0.1) is 17.6 Å². The number of halogens is 4. The summed E-state index contributed by atoms with van der Waals surface area (Å²) in [4.78, 5) is 10.6. The second kappa shape index (κ2) is 7.09. The number of hydrogen-bond acceptors (Lipinski definition) is 4. The van der Waals surface area contributed by atoms with Crippen LogP contribution in [0.1, 0.15) is 17.0 Å². The molecule has 0 bridgehead atoms. The van der Waals surface area contributed by atoms with Crippen molar-refractivity contribution in [2.75, 3.05) is 12.8 Å². The predicted molar refractivity (Wildman–Crippen MR) is 95.6 cm³/mol. The number of rotatable bonds is 4. The molecule has 2 aromatic carbocycles. The molecule has 4 nitrogen and oxygen atoms in total. The molecule has 1 aromatic heterocycles. The van der Waals surface area contributed by atoms with Gasteiger partial charge < -0.3 is 5.73 Å². The van der Waals surface area contributed by atoms with Crippen LogP contribution in [0.4, 0.5) is 19.0 Å². The number of benzene rings is 2. The van der Waals surface area contributed by atoms with Gasteiger partial charge in [-0.1, -0.05) is 23.7 Å². The topological polar surface area (TPSA) is 55.0 Å². The molecule has 0 aliphatic carbocycles. The van der Waals surface area contributed by atoms with Crippen LogP contribution in [-0.4, -0.2) is 21.9 Å². The molecule has 0 saturated heterocycles. The number of alkyl halides is 3. The number of nitrogens with two attached hydrogens (primary N) is 1. The van der Waals surface area contributed by atoms with Crippen LogP contribution in [0.5, 0.6) is 0 Å². The summed E-state index contributed by atoms with van der Waals surface area (Å²) in [5.74, 6) is 0.885.